The summed E-state index contributed by atoms with van der Waals surface area (Å²) in [5, 5.41) is 24.7. The van der Waals surface area contributed by atoms with Crippen LogP contribution >= 0.6 is 46.6 Å². The quantitative estimate of drug-likeness (QED) is 0.179. The highest BCUT2D eigenvalue weighted by atomic mass is 35.6. The smallest absolute Gasteiger partial charge is 0.408 e. The number of halogens is 3. The SMILES string of the molecule is C.COc1c(C)cc2c(c1O)[C@@H]1[C@@H]3[C@@H]4SC[C@H](NC(=O)OCC(Cl)(Cl)Cl)C(=O)OC[C@@H](c5c6c(c(C)c(OC(C)=O)c54)OCO6)N3[C@@H](C#N)[C@H](C2)N1C.[B].[HH]. The molecule has 5 heterocycles. The number of aryl methyl sites for hydroxylation is 1. The summed E-state index contributed by atoms with van der Waals surface area (Å²) in [5.41, 5.74) is 3.97. The molecule has 5 aliphatic heterocycles. The van der Waals surface area contributed by atoms with Crippen molar-refractivity contribution in [3.05, 3.63) is 39.4 Å². The van der Waals surface area contributed by atoms with Gasteiger partial charge in [-0.1, -0.05) is 48.3 Å². The molecule has 0 unspecified atom stereocenters. The number of piperazine rings is 1. The predicted molar refractivity (Wildman–Crippen MR) is 203 cm³/mol. The molecule has 2 aromatic rings. The van der Waals surface area contributed by atoms with E-state index in [1.54, 1.807) is 6.92 Å². The van der Waals surface area contributed by atoms with Gasteiger partial charge in [0.15, 0.2) is 23.0 Å². The van der Waals surface area contributed by atoms with E-state index in [1.165, 1.54) is 25.8 Å². The number of phenolic OH excluding ortho intramolecular Hbond substituents is 1. The van der Waals surface area contributed by atoms with E-state index in [0.717, 1.165) is 11.1 Å². The summed E-state index contributed by atoms with van der Waals surface area (Å²) >= 11 is 18.6. The lowest BCUT2D eigenvalue weighted by Gasteiger charge is -2.61. The Labute approximate surface area is 335 Å². The minimum atomic E-state index is -1.88. The Balaban J connectivity index is 0.00000224. The van der Waals surface area contributed by atoms with Gasteiger partial charge in [-0.25, -0.2) is 9.59 Å². The van der Waals surface area contributed by atoms with Crippen LogP contribution in [-0.4, -0.2) is 109 Å². The van der Waals surface area contributed by atoms with Crippen molar-refractivity contribution >= 4 is 73.0 Å². The first-order chi connectivity index (χ1) is 24.7. The molecule has 54 heavy (non-hydrogen) atoms. The number of fused-ring (bicyclic) bond motifs is 9. The lowest BCUT2D eigenvalue weighted by Crippen LogP contribution is -2.69. The number of ether oxygens (including phenoxy) is 6. The first kappa shape index (κ1) is 41.7. The van der Waals surface area contributed by atoms with E-state index in [2.05, 4.69) is 21.2 Å². The van der Waals surface area contributed by atoms with Gasteiger partial charge >= 0.3 is 18.0 Å². The van der Waals surface area contributed by atoms with Gasteiger partial charge in [0, 0.05) is 56.9 Å². The van der Waals surface area contributed by atoms with Crippen molar-refractivity contribution in [2.45, 2.75) is 79.9 Å². The summed E-state index contributed by atoms with van der Waals surface area (Å²) in [6.45, 7) is 3.97. The molecular formula is C35H41BCl3N4O10S. The zero-order chi connectivity index (χ0) is 37.4. The fraction of sp³-hybridized carbons (Fsp3) is 0.543. The first-order valence-electron chi connectivity index (χ1n) is 16.4. The Morgan fingerprint density at radius 1 is 1.17 bits per heavy atom. The molecule has 291 valence electrons. The second-order valence-electron chi connectivity index (χ2n) is 13.3. The van der Waals surface area contributed by atoms with E-state index >= 15 is 0 Å². The van der Waals surface area contributed by atoms with E-state index in [1.807, 2.05) is 20.0 Å². The van der Waals surface area contributed by atoms with E-state index in [4.69, 9.17) is 63.2 Å². The van der Waals surface area contributed by atoms with Crippen LogP contribution in [0.4, 0.5) is 4.79 Å². The number of methoxy groups -OCH3 is 1. The standard InChI is InChI=1S/C34H35Cl3N4O10S.CH4.B.H2/c1-13-6-16-7-18-19(8-38)41-20-9-47-32(44)17(39-33(45)48-11-34(35,36)37)10-52-31(25(41)24(40(18)4)21(16)26(43)27(13)46-5)23-22(20)30-29(49-12-50-30)14(2)28(23)51-15(3)42;;;/h6,17-20,24-25,31,43H,7,9-12H2,1-5H3,(H,39,45);1H4;;1H/t17-,18-,19-,20-,24+,25+,31+;;;/m0.../s1. The van der Waals surface area contributed by atoms with Gasteiger partial charge in [-0.2, -0.15) is 5.26 Å². The third-order valence-electron chi connectivity index (χ3n) is 10.3. The van der Waals surface area contributed by atoms with Crippen LogP contribution in [0, 0.1) is 25.2 Å². The topological polar surface area (TPSA) is 169 Å². The lowest BCUT2D eigenvalue weighted by molar-refractivity contribution is -0.151. The predicted octanol–water partition coefficient (Wildman–Crippen LogP) is 5.20. The Bertz CT molecular complexity index is 1920. The molecule has 2 N–H and O–H groups in total. The molecule has 3 radical (unpaired) electrons. The van der Waals surface area contributed by atoms with E-state index < -0.39 is 63.9 Å². The number of nitriles is 1. The molecule has 2 aromatic carbocycles. The molecule has 0 aliphatic carbocycles. The minimum Gasteiger partial charge on any atom is -0.504 e. The number of alkyl carbamates (subject to hydrolysis) is 1. The van der Waals surface area contributed by atoms with E-state index in [-0.39, 0.29) is 54.0 Å². The number of aromatic hydroxyl groups is 1. The second-order valence-corrected chi connectivity index (χ2v) is 17.0. The highest BCUT2D eigenvalue weighted by Crippen LogP contribution is 2.64. The van der Waals surface area contributed by atoms with Gasteiger partial charge in [0.25, 0.3) is 0 Å². The van der Waals surface area contributed by atoms with Crippen LogP contribution in [0.5, 0.6) is 28.7 Å². The van der Waals surface area contributed by atoms with Gasteiger partial charge in [0.1, 0.15) is 31.0 Å². The minimum absolute atomic E-state index is 0. The maximum atomic E-state index is 13.7. The average Bonchev–Trinajstić information content (AvgIpc) is 3.57. The zero-order valence-corrected chi connectivity index (χ0v) is 32.3. The van der Waals surface area contributed by atoms with Crippen LogP contribution in [0.15, 0.2) is 6.07 Å². The molecule has 0 aromatic heterocycles. The van der Waals surface area contributed by atoms with Crippen molar-refractivity contribution in [2.75, 3.05) is 39.9 Å². The van der Waals surface area contributed by atoms with E-state index in [9.17, 15) is 24.8 Å². The molecule has 0 spiro atoms. The number of carbonyl (C=O) groups is 3. The number of alkyl halides is 3. The summed E-state index contributed by atoms with van der Waals surface area (Å²) in [4.78, 5) is 43.4. The monoisotopic (exact) mass is 825 g/mol. The number of cyclic esters (lactones) is 1. The summed E-state index contributed by atoms with van der Waals surface area (Å²) in [6.07, 6.45) is -0.553. The average molecular weight is 827 g/mol. The number of benzene rings is 2. The number of hydrogen-bond donors (Lipinski definition) is 2. The van der Waals surface area contributed by atoms with Gasteiger partial charge in [0.2, 0.25) is 10.6 Å². The number of phenols is 1. The van der Waals surface area contributed by atoms with Crippen LogP contribution in [-0.2, 0) is 25.5 Å². The molecule has 4 bridgehead atoms. The Hall–Kier alpha value is -3.46. The first-order valence-corrected chi connectivity index (χ1v) is 18.6. The Kier molecular flexibility index (Phi) is 12.0. The number of nitrogens with zero attached hydrogens (tertiary/aromatic N) is 3. The Morgan fingerprint density at radius 2 is 1.87 bits per heavy atom. The van der Waals surface area contributed by atoms with Gasteiger partial charge < -0.3 is 38.8 Å². The van der Waals surface area contributed by atoms with Gasteiger partial charge in [-0.05, 0) is 38.4 Å². The molecular weight excluding hydrogens is 786 g/mol. The van der Waals surface area contributed by atoms with Crippen molar-refractivity contribution in [1.82, 2.24) is 15.1 Å². The van der Waals surface area contributed by atoms with Crippen molar-refractivity contribution in [3.8, 4) is 34.8 Å². The maximum absolute atomic E-state index is 13.7. The molecule has 7 rings (SSSR count). The number of carbonyl (C=O) groups excluding carboxylic acids is 3. The molecule has 0 saturated carbocycles. The number of rotatable bonds is 4. The fourth-order valence-electron chi connectivity index (χ4n) is 8.40. The van der Waals surface area contributed by atoms with Crippen molar-refractivity contribution in [2.24, 2.45) is 0 Å². The number of nitrogens with one attached hydrogen (secondary N) is 1. The summed E-state index contributed by atoms with van der Waals surface area (Å²) in [7, 11) is 3.42. The van der Waals surface area contributed by atoms with Crippen LogP contribution in [0.25, 0.3) is 0 Å². The highest BCUT2D eigenvalue weighted by molar-refractivity contribution is 7.99. The Morgan fingerprint density at radius 3 is 2.52 bits per heavy atom. The number of likely N-dealkylation sites (N-methyl/N-ethyl adjacent to an activating group) is 1. The lowest BCUT2D eigenvalue weighted by atomic mass is 9.71. The maximum Gasteiger partial charge on any atom is 0.408 e. The molecule has 1 amide bonds. The highest BCUT2D eigenvalue weighted by Gasteiger charge is 2.60. The molecule has 14 nitrogen and oxygen atoms in total. The van der Waals surface area contributed by atoms with Crippen molar-refractivity contribution < 1.29 is 49.3 Å². The van der Waals surface area contributed by atoms with Crippen LogP contribution in [0.2, 0.25) is 0 Å². The number of amides is 1. The van der Waals surface area contributed by atoms with Crippen LogP contribution in [0.3, 0.4) is 0 Å². The van der Waals surface area contributed by atoms with E-state index in [0.29, 0.717) is 45.9 Å². The van der Waals surface area contributed by atoms with Gasteiger partial charge in [-0.15, -0.1) is 11.8 Å². The molecule has 7 atom stereocenters. The normalized spacial score (nSPS) is 26.6. The van der Waals surface area contributed by atoms with Crippen LogP contribution < -0.4 is 24.3 Å². The summed E-state index contributed by atoms with van der Waals surface area (Å²) < 4.78 is 32.8. The molecule has 19 heteroatoms. The second kappa shape index (κ2) is 15.6. The third kappa shape index (κ3) is 6.85. The summed E-state index contributed by atoms with van der Waals surface area (Å²) in [5.74, 6) is -0.00818. The van der Waals surface area contributed by atoms with Crippen LogP contribution in [0.1, 0.15) is 66.5 Å². The molecule has 2 saturated heterocycles. The third-order valence-corrected chi connectivity index (χ3v) is 12.0. The van der Waals surface area contributed by atoms with Crippen molar-refractivity contribution in [3.63, 3.8) is 0 Å². The molecule has 5 aliphatic rings. The zero-order valence-electron chi connectivity index (χ0n) is 29.2. The number of esters is 2. The van der Waals surface area contributed by atoms with Gasteiger partial charge in [-0.3, -0.25) is 14.6 Å². The fourth-order valence-corrected chi connectivity index (χ4v) is 10.1. The molecule has 2 fully saturated rings. The van der Waals surface area contributed by atoms with Gasteiger partial charge in [0.05, 0.1) is 30.5 Å². The summed E-state index contributed by atoms with van der Waals surface area (Å²) in [6, 6.07) is 0.309. The van der Waals surface area contributed by atoms with Crippen molar-refractivity contribution in [1.29, 1.82) is 5.26 Å². The number of thioether (sulfide) groups is 1. The number of hydrogen-bond acceptors (Lipinski definition) is 14. The largest absolute Gasteiger partial charge is 0.504 e.